The van der Waals surface area contributed by atoms with Gasteiger partial charge in [0, 0.05) is 96.6 Å². The SMILES string of the molecule is Cc1cc(C(=O)/C=C(\[O-])c2ccccc2)c(O)c(/C([O-])=C/C(=O)c2ccccc2)c1.Cc1cc(C(=O)/C=C(\[O-])c2ccccc2)c(O)c(/C([O-])=C/C(=O)c2ccccc2)c1.Cc1ccccc1.Cc1ccccc1.[Co+2].[Co+2].c1ccncc1.c1ccncc1.c1ccncc1.c1ccncc1.c1ccncc1.c1ccncc1. The molecular formula is C94H82Co2N6O10. The number of carbonyl (C=O) groups is 4. The molecule has 0 aliphatic carbocycles. The number of aromatic nitrogens is 6. The van der Waals surface area contributed by atoms with E-state index in [-0.39, 0.29) is 55.8 Å². The quantitative estimate of drug-likeness (QED) is 0.0653. The van der Waals surface area contributed by atoms with Crippen LogP contribution in [0.5, 0.6) is 11.5 Å². The van der Waals surface area contributed by atoms with Crippen LogP contribution in [0.3, 0.4) is 0 Å². The number of hydrogen-bond donors (Lipinski definition) is 2. The number of pyridine rings is 6. The Hall–Kier alpha value is -13.9. The molecule has 0 fully saturated rings. The molecule has 14 rings (SSSR count). The maximum Gasteiger partial charge on any atom is 2.00 e. The first-order chi connectivity index (χ1) is 53.5. The van der Waals surface area contributed by atoms with Crippen molar-refractivity contribution < 1.29 is 83.4 Å². The molecule has 0 aliphatic rings. The second kappa shape index (κ2) is 56.4. The summed E-state index contributed by atoms with van der Waals surface area (Å²) in [6, 6.07) is 93.3. The van der Waals surface area contributed by atoms with Crippen LogP contribution >= 0.6 is 0 Å². The molecule has 0 atom stereocenters. The summed E-state index contributed by atoms with van der Waals surface area (Å²) >= 11 is 0. The van der Waals surface area contributed by atoms with Gasteiger partial charge in [0.2, 0.25) is 0 Å². The fourth-order valence-electron chi connectivity index (χ4n) is 8.78. The Balaban J connectivity index is 0.000000357. The van der Waals surface area contributed by atoms with Crippen molar-refractivity contribution in [2.75, 3.05) is 0 Å². The van der Waals surface area contributed by atoms with Crippen LogP contribution in [0, 0.1) is 27.7 Å². The third kappa shape index (κ3) is 38.6. The Morgan fingerprint density at radius 3 is 0.589 bits per heavy atom. The largest absolute Gasteiger partial charge is 2.00 e. The molecule has 0 bridgehead atoms. The van der Waals surface area contributed by atoms with Gasteiger partial charge in [-0.2, -0.15) is 0 Å². The van der Waals surface area contributed by atoms with Crippen molar-refractivity contribution in [1.82, 2.24) is 29.9 Å². The maximum absolute atomic E-state index is 12.6. The van der Waals surface area contributed by atoms with Crippen LogP contribution in [-0.2, 0) is 33.6 Å². The molecule has 112 heavy (non-hydrogen) atoms. The van der Waals surface area contributed by atoms with Gasteiger partial charge in [-0.25, -0.2) is 0 Å². The van der Waals surface area contributed by atoms with E-state index in [1.165, 1.54) is 35.4 Å². The van der Waals surface area contributed by atoms with Crippen LogP contribution in [0.4, 0.5) is 0 Å². The molecule has 6 aromatic heterocycles. The molecule has 0 saturated carbocycles. The van der Waals surface area contributed by atoms with Crippen LogP contribution in [0.15, 0.2) is 414 Å². The molecule has 2 radical (unpaired) electrons. The van der Waals surface area contributed by atoms with Gasteiger partial charge >= 0.3 is 33.6 Å². The van der Waals surface area contributed by atoms with E-state index in [4.69, 9.17) is 0 Å². The monoisotopic (exact) mass is 1570 g/mol. The van der Waals surface area contributed by atoms with Crippen LogP contribution in [0.1, 0.15) is 85.9 Å². The summed E-state index contributed by atoms with van der Waals surface area (Å²) in [5.74, 6) is -6.10. The zero-order valence-corrected chi connectivity index (χ0v) is 63.9. The van der Waals surface area contributed by atoms with Crippen molar-refractivity contribution in [2.24, 2.45) is 0 Å². The Bertz CT molecular complexity index is 4350. The van der Waals surface area contributed by atoms with Crippen molar-refractivity contribution in [3.63, 3.8) is 0 Å². The number of aromatic hydroxyl groups is 2. The number of benzene rings is 8. The van der Waals surface area contributed by atoms with E-state index in [1.54, 1.807) is 210 Å². The van der Waals surface area contributed by atoms with Crippen molar-refractivity contribution in [3.05, 3.63) is 481 Å². The molecule has 566 valence electrons. The van der Waals surface area contributed by atoms with Gasteiger partial charge in [-0.15, -0.1) is 0 Å². The molecule has 0 spiro atoms. The van der Waals surface area contributed by atoms with Gasteiger partial charge in [0.15, 0.2) is 23.1 Å². The van der Waals surface area contributed by atoms with Crippen LogP contribution in [-0.4, -0.2) is 63.2 Å². The number of aryl methyl sites for hydroxylation is 4. The summed E-state index contributed by atoms with van der Waals surface area (Å²) in [5, 5.41) is 70.8. The van der Waals surface area contributed by atoms with Crippen LogP contribution < -0.4 is 20.4 Å². The first kappa shape index (κ1) is 92.3. The standard InChI is InChI=1S/2C25H20O5.2C7H8.6C5H5N.2Co/c2*1-16-12-19(23(28)14-21(26)17-8-4-2-5-9-17)25(30)20(13-16)24(29)15-22(27)18-10-6-3-7-11-18;2*1-7-5-3-2-4-6-7;6*1-2-4-6-5-3-1;;/h2*2-15,26,29-30H,1H3;2*2-6H,1H3;6*1-5H;;/q;;;;;;;;;;2*+2/p-4/b2*21-14-,24-15-;;;;;;;;;;. The van der Waals surface area contributed by atoms with E-state index in [1.807, 2.05) is 146 Å². The molecule has 14 aromatic rings. The number of ketones is 4. The van der Waals surface area contributed by atoms with E-state index in [0.717, 1.165) is 24.3 Å². The number of carbonyl (C=O) groups excluding carboxylic acids is 4. The molecule has 0 unspecified atom stereocenters. The van der Waals surface area contributed by atoms with Crippen LogP contribution in [0.2, 0.25) is 0 Å². The van der Waals surface area contributed by atoms with Crippen LogP contribution in [0.25, 0.3) is 23.0 Å². The minimum absolute atomic E-state index is 0. The predicted molar refractivity (Wildman–Crippen MR) is 428 cm³/mol. The van der Waals surface area contributed by atoms with E-state index in [0.29, 0.717) is 33.4 Å². The maximum atomic E-state index is 12.6. The summed E-state index contributed by atoms with van der Waals surface area (Å²) in [6.07, 6.45) is 24.5. The summed E-state index contributed by atoms with van der Waals surface area (Å²) in [4.78, 5) is 72.4. The number of hydrogen-bond acceptors (Lipinski definition) is 16. The molecule has 18 heteroatoms. The molecule has 0 aliphatic heterocycles. The smallest absolute Gasteiger partial charge is 0.872 e. The summed E-state index contributed by atoms with van der Waals surface area (Å²) in [7, 11) is 0. The van der Waals surface area contributed by atoms with Crippen molar-refractivity contribution in [1.29, 1.82) is 0 Å². The van der Waals surface area contributed by atoms with Crippen molar-refractivity contribution in [3.8, 4) is 11.5 Å². The number of rotatable bonds is 12. The Morgan fingerprint density at radius 1 is 0.232 bits per heavy atom. The molecule has 0 amide bonds. The van der Waals surface area contributed by atoms with E-state index < -0.39 is 57.7 Å². The predicted octanol–water partition coefficient (Wildman–Crippen LogP) is 16.2. The first-order valence-electron chi connectivity index (χ1n) is 34.3. The average molecular weight is 1570 g/mol. The van der Waals surface area contributed by atoms with Crippen molar-refractivity contribution in [2.45, 2.75) is 27.7 Å². The number of phenolic OH excluding ortho intramolecular Hbond substituents is 2. The fourth-order valence-corrected chi connectivity index (χ4v) is 8.78. The molecule has 0 saturated heterocycles. The van der Waals surface area contributed by atoms with Crippen molar-refractivity contribution >= 4 is 46.2 Å². The fraction of sp³-hybridized carbons (Fsp3) is 0.0426. The summed E-state index contributed by atoms with van der Waals surface area (Å²) in [5.41, 5.74) is 4.31. The Kier molecular flexibility index (Phi) is 46.5. The first-order valence-corrected chi connectivity index (χ1v) is 34.3. The second-order valence-corrected chi connectivity index (χ2v) is 22.8. The van der Waals surface area contributed by atoms with Gasteiger partial charge in [0.25, 0.3) is 0 Å². The van der Waals surface area contributed by atoms with Gasteiger partial charge in [0.05, 0.1) is 11.1 Å². The van der Waals surface area contributed by atoms with Gasteiger partial charge in [-0.3, -0.25) is 49.1 Å². The minimum atomic E-state index is -0.728. The Labute approximate surface area is 675 Å². The van der Waals surface area contributed by atoms with E-state index in [9.17, 15) is 49.8 Å². The van der Waals surface area contributed by atoms with E-state index in [2.05, 4.69) is 68.0 Å². The topological polar surface area (TPSA) is 278 Å². The molecular weight excluding hydrogens is 1490 g/mol. The molecule has 16 nitrogen and oxygen atoms in total. The third-order valence-corrected chi connectivity index (χ3v) is 14.1. The summed E-state index contributed by atoms with van der Waals surface area (Å²) in [6.45, 7) is 7.45. The third-order valence-electron chi connectivity index (χ3n) is 14.1. The normalized spacial score (nSPS) is 10.0. The number of nitrogens with zero attached hydrogens (tertiary/aromatic N) is 6. The average Bonchev–Trinajstić information content (AvgIpc) is 0.812. The Morgan fingerprint density at radius 2 is 0.411 bits per heavy atom. The molecule has 6 heterocycles. The zero-order valence-electron chi connectivity index (χ0n) is 61.8. The number of allylic oxidation sites excluding steroid dienone is 4. The second-order valence-electron chi connectivity index (χ2n) is 22.8. The zero-order chi connectivity index (χ0) is 79.0. The molecule has 2 N–H and O–H groups in total. The van der Waals surface area contributed by atoms with E-state index >= 15 is 0 Å². The molecule has 8 aromatic carbocycles. The van der Waals surface area contributed by atoms with Gasteiger partial charge in [-0.1, -0.05) is 253 Å². The van der Waals surface area contributed by atoms with Gasteiger partial charge in [0.1, 0.15) is 11.5 Å². The number of phenols is 2. The minimum Gasteiger partial charge on any atom is -0.872 e. The summed E-state index contributed by atoms with van der Waals surface area (Å²) < 4.78 is 0. The van der Waals surface area contributed by atoms with Gasteiger partial charge < -0.3 is 30.6 Å². The van der Waals surface area contributed by atoms with Gasteiger partial charge in [-0.05, 0) is 171 Å².